The summed E-state index contributed by atoms with van der Waals surface area (Å²) < 4.78 is 0. The van der Waals surface area contributed by atoms with Gasteiger partial charge in [0.2, 0.25) is 0 Å². The molecule has 1 aromatic carbocycles. The zero-order valence-corrected chi connectivity index (χ0v) is 16.3. The summed E-state index contributed by atoms with van der Waals surface area (Å²) in [5.74, 6) is 2.52. The zero-order chi connectivity index (χ0) is 18.4. The average Bonchev–Trinajstić information content (AvgIpc) is 2.68. The first kappa shape index (κ1) is 19.5. The minimum Gasteiger partial charge on any atom is -0.481 e. The van der Waals surface area contributed by atoms with Crippen LogP contribution in [-0.4, -0.2) is 11.1 Å². The number of carboxylic acids is 1. The maximum Gasteiger partial charge on any atom is 0.303 e. The van der Waals surface area contributed by atoms with Crippen molar-refractivity contribution < 1.29 is 9.90 Å². The van der Waals surface area contributed by atoms with Crippen LogP contribution < -0.4 is 0 Å². The van der Waals surface area contributed by atoms with Crippen molar-refractivity contribution in [3.8, 4) is 0 Å². The smallest absolute Gasteiger partial charge is 0.303 e. The second-order valence-corrected chi connectivity index (χ2v) is 8.49. The Hall–Kier alpha value is -1.28. The number of carbonyl (C=O) groups is 1. The van der Waals surface area contributed by atoms with E-state index in [1.54, 1.807) is 5.54 Å². The van der Waals surface area contributed by atoms with Crippen molar-refractivity contribution in [2.24, 2.45) is 17.8 Å². The van der Waals surface area contributed by atoms with Crippen LogP contribution in [0.1, 0.15) is 74.8 Å². The number of hydrogen-bond donors (Lipinski definition) is 1. The van der Waals surface area contributed by atoms with E-state index in [4.69, 9.17) is 16.7 Å². The standard InChI is InChI=1S/C23H31ClO2/c24-16-15-18-3-8-20(9-4-18)22-12-10-21(11-13-22)19-6-1-17(2-7-19)5-14-23(25)26/h1-2,6-7,15-16,18,20-22H,3-5,8-14H2,(H,25,26)/b16-15+. The van der Waals surface area contributed by atoms with Gasteiger partial charge in [0.1, 0.15) is 0 Å². The maximum absolute atomic E-state index is 10.7. The number of hydrogen-bond acceptors (Lipinski definition) is 1. The predicted molar refractivity (Wildman–Crippen MR) is 108 cm³/mol. The van der Waals surface area contributed by atoms with Crippen molar-refractivity contribution in [2.75, 3.05) is 0 Å². The lowest BCUT2D eigenvalue weighted by atomic mass is 9.68. The predicted octanol–water partition coefficient (Wildman–Crippen LogP) is 6.54. The highest BCUT2D eigenvalue weighted by Crippen LogP contribution is 2.44. The van der Waals surface area contributed by atoms with Crippen LogP contribution >= 0.6 is 11.6 Å². The summed E-state index contributed by atoms with van der Waals surface area (Å²) in [6.07, 6.45) is 13.7. The minimum atomic E-state index is -0.722. The van der Waals surface area contributed by atoms with Gasteiger partial charge in [0.15, 0.2) is 0 Å². The number of aliphatic carboxylic acids is 1. The Morgan fingerprint density at radius 3 is 2.08 bits per heavy atom. The molecule has 0 saturated heterocycles. The number of benzene rings is 1. The van der Waals surface area contributed by atoms with Gasteiger partial charge in [0.05, 0.1) is 0 Å². The van der Waals surface area contributed by atoms with Crippen molar-refractivity contribution in [3.05, 3.63) is 47.0 Å². The third kappa shape index (κ3) is 5.36. The molecule has 0 aromatic heterocycles. The van der Waals surface area contributed by atoms with E-state index in [-0.39, 0.29) is 6.42 Å². The van der Waals surface area contributed by atoms with E-state index in [1.807, 2.05) is 0 Å². The fraction of sp³-hybridized carbons (Fsp3) is 0.609. The van der Waals surface area contributed by atoms with Crippen LogP contribution in [0.15, 0.2) is 35.9 Å². The molecule has 0 bridgehead atoms. The van der Waals surface area contributed by atoms with E-state index in [0.29, 0.717) is 18.3 Å². The van der Waals surface area contributed by atoms with Crippen LogP contribution in [-0.2, 0) is 11.2 Å². The summed E-state index contributed by atoms with van der Waals surface area (Å²) in [6, 6.07) is 8.70. The Morgan fingerprint density at radius 2 is 1.54 bits per heavy atom. The topological polar surface area (TPSA) is 37.3 Å². The van der Waals surface area contributed by atoms with Gasteiger partial charge in [0, 0.05) is 12.0 Å². The fourth-order valence-corrected chi connectivity index (χ4v) is 5.25. The molecule has 0 radical (unpaired) electrons. The van der Waals surface area contributed by atoms with Gasteiger partial charge >= 0.3 is 5.97 Å². The molecule has 0 heterocycles. The molecule has 1 aromatic rings. The largest absolute Gasteiger partial charge is 0.481 e. The molecule has 3 heteroatoms. The SMILES string of the molecule is O=C(O)CCc1ccc(C2CCC(C3CCC(/C=C/Cl)CC3)CC2)cc1. The van der Waals surface area contributed by atoms with E-state index in [2.05, 4.69) is 30.3 Å². The summed E-state index contributed by atoms with van der Waals surface area (Å²) in [5.41, 5.74) is 4.27. The Bertz CT molecular complexity index is 591. The summed E-state index contributed by atoms with van der Waals surface area (Å²) in [6.45, 7) is 0. The number of carboxylic acid groups (broad SMARTS) is 1. The molecule has 3 rings (SSSR count). The van der Waals surface area contributed by atoms with E-state index in [0.717, 1.165) is 17.4 Å². The van der Waals surface area contributed by atoms with Crippen LogP contribution in [0.2, 0.25) is 0 Å². The molecule has 2 aliphatic carbocycles. The van der Waals surface area contributed by atoms with Gasteiger partial charge in [0.25, 0.3) is 0 Å². The zero-order valence-electron chi connectivity index (χ0n) is 15.6. The lowest BCUT2D eigenvalue weighted by Gasteiger charge is -2.37. The molecular weight excluding hydrogens is 344 g/mol. The van der Waals surface area contributed by atoms with Crippen molar-refractivity contribution in [1.82, 2.24) is 0 Å². The van der Waals surface area contributed by atoms with Crippen LogP contribution in [0.4, 0.5) is 0 Å². The quantitative estimate of drug-likeness (QED) is 0.614. The summed E-state index contributed by atoms with van der Waals surface area (Å²) >= 11 is 5.73. The summed E-state index contributed by atoms with van der Waals surface area (Å²) in [5, 5.41) is 8.80. The molecule has 2 saturated carbocycles. The molecule has 0 amide bonds. The highest BCUT2D eigenvalue weighted by Gasteiger charge is 2.30. The number of halogens is 1. The average molecular weight is 375 g/mol. The first-order chi connectivity index (χ1) is 12.7. The molecule has 2 aliphatic rings. The molecule has 2 nitrogen and oxygen atoms in total. The van der Waals surface area contributed by atoms with E-state index < -0.39 is 5.97 Å². The van der Waals surface area contributed by atoms with Crippen LogP contribution in [0, 0.1) is 17.8 Å². The normalized spacial score (nSPS) is 29.7. The second kappa shape index (κ2) is 9.60. The maximum atomic E-state index is 10.7. The first-order valence-corrected chi connectivity index (χ1v) is 10.7. The Kier molecular flexibility index (Phi) is 7.19. The van der Waals surface area contributed by atoms with Crippen molar-refractivity contribution in [3.63, 3.8) is 0 Å². The summed E-state index contributed by atoms with van der Waals surface area (Å²) in [7, 11) is 0. The van der Waals surface area contributed by atoms with Gasteiger partial charge in [-0.2, -0.15) is 0 Å². The Balaban J connectivity index is 1.45. The van der Waals surface area contributed by atoms with E-state index in [1.165, 1.54) is 56.9 Å². The van der Waals surface area contributed by atoms with Gasteiger partial charge in [-0.3, -0.25) is 4.79 Å². The van der Waals surface area contributed by atoms with Crippen molar-refractivity contribution >= 4 is 17.6 Å². The number of rotatable bonds is 6. The third-order valence-corrected chi connectivity index (χ3v) is 6.82. The highest BCUT2D eigenvalue weighted by molar-refractivity contribution is 6.25. The number of aryl methyl sites for hydroxylation is 1. The highest BCUT2D eigenvalue weighted by atomic mass is 35.5. The van der Waals surface area contributed by atoms with Crippen LogP contribution in [0.25, 0.3) is 0 Å². The van der Waals surface area contributed by atoms with Crippen molar-refractivity contribution in [1.29, 1.82) is 0 Å². The second-order valence-electron chi connectivity index (χ2n) is 8.24. The van der Waals surface area contributed by atoms with E-state index in [9.17, 15) is 4.79 Å². The van der Waals surface area contributed by atoms with Crippen LogP contribution in [0.5, 0.6) is 0 Å². The molecule has 26 heavy (non-hydrogen) atoms. The van der Waals surface area contributed by atoms with Crippen molar-refractivity contribution in [2.45, 2.75) is 70.1 Å². The Labute approximate surface area is 162 Å². The first-order valence-electron chi connectivity index (χ1n) is 10.2. The third-order valence-electron chi connectivity index (χ3n) is 6.68. The molecule has 0 spiro atoms. The molecule has 1 N–H and O–H groups in total. The van der Waals surface area contributed by atoms with Gasteiger partial charge in [-0.15, -0.1) is 0 Å². The lowest BCUT2D eigenvalue weighted by molar-refractivity contribution is -0.136. The monoisotopic (exact) mass is 374 g/mol. The molecule has 142 valence electrons. The summed E-state index contributed by atoms with van der Waals surface area (Å²) in [4.78, 5) is 10.7. The van der Waals surface area contributed by atoms with Gasteiger partial charge < -0.3 is 5.11 Å². The lowest BCUT2D eigenvalue weighted by Crippen LogP contribution is -2.25. The van der Waals surface area contributed by atoms with Gasteiger partial charge in [-0.1, -0.05) is 41.9 Å². The van der Waals surface area contributed by atoms with Gasteiger partial charge in [-0.05, 0) is 92.6 Å². The molecule has 2 fully saturated rings. The Morgan fingerprint density at radius 1 is 0.962 bits per heavy atom. The molecule has 0 aliphatic heterocycles. The fourth-order valence-electron chi connectivity index (χ4n) is 5.04. The van der Waals surface area contributed by atoms with Gasteiger partial charge in [-0.25, -0.2) is 0 Å². The molecule has 0 atom stereocenters. The minimum absolute atomic E-state index is 0.216. The number of allylic oxidation sites excluding steroid dienone is 1. The van der Waals surface area contributed by atoms with Crippen LogP contribution in [0.3, 0.4) is 0 Å². The van der Waals surface area contributed by atoms with E-state index >= 15 is 0 Å². The molecular formula is C23H31ClO2. The molecule has 0 unspecified atom stereocenters.